The molecule has 0 aromatic heterocycles. The molecular formula is C16H24BrN3O3. The highest BCUT2D eigenvalue weighted by Crippen LogP contribution is 2.32. The number of aliphatic hydroxyl groups excluding tert-OH is 1. The minimum atomic E-state index is -0.534. The summed E-state index contributed by atoms with van der Waals surface area (Å²) in [6.45, 7) is 6.05. The number of alkyl carbamates (subject to hydrolysis) is 1. The fraction of sp³-hybridized carbons (Fsp3) is 0.562. The maximum Gasteiger partial charge on any atom is 0.407 e. The molecule has 0 aliphatic carbocycles. The number of ether oxygens (including phenoxy) is 1. The second kappa shape index (κ2) is 6.97. The Hall–Kier alpha value is -1.47. The number of nitrogens with one attached hydrogen (secondary N) is 1. The Balaban J connectivity index is 2.08. The van der Waals surface area contributed by atoms with E-state index in [2.05, 4.69) is 21.2 Å². The number of amides is 1. The van der Waals surface area contributed by atoms with Gasteiger partial charge in [0.1, 0.15) is 5.60 Å². The predicted molar refractivity (Wildman–Crippen MR) is 94.5 cm³/mol. The normalized spacial score (nSPS) is 21.3. The van der Waals surface area contributed by atoms with E-state index in [1.54, 1.807) is 0 Å². The highest BCUT2D eigenvalue weighted by molar-refractivity contribution is 9.10. The van der Waals surface area contributed by atoms with Crippen molar-refractivity contribution < 1.29 is 14.6 Å². The zero-order chi connectivity index (χ0) is 17.2. The lowest BCUT2D eigenvalue weighted by Crippen LogP contribution is -2.40. The number of halogens is 1. The summed E-state index contributed by atoms with van der Waals surface area (Å²) in [6.07, 6.45) is 0.199. The van der Waals surface area contributed by atoms with E-state index in [0.717, 1.165) is 10.2 Å². The number of aliphatic hydroxyl groups is 1. The maximum atomic E-state index is 11.9. The Bertz CT molecular complexity index is 574. The summed E-state index contributed by atoms with van der Waals surface area (Å²) in [4.78, 5) is 14.0. The molecule has 1 fully saturated rings. The van der Waals surface area contributed by atoms with Crippen LogP contribution in [0.1, 0.15) is 27.2 Å². The Kier molecular flexibility index (Phi) is 5.41. The van der Waals surface area contributed by atoms with Gasteiger partial charge in [-0.3, -0.25) is 0 Å². The highest BCUT2D eigenvalue weighted by atomic mass is 79.9. The monoisotopic (exact) mass is 385 g/mol. The number of hydrogen-bond acceptors (Lipinski definition) is 5. The van der Waals surface area contributed by atoms with Gasteiger partial charge in [-0.25, -0.2) is 4.79 Å². The Morgan fingerprint density at radius 3 is 2.83 bits per heavy atom. The van der Waals surface area contributed by atoms with Gasteiger partial charge in [0.25, 0.3) is 0 Å². The largest absolute Gasteiger partial charge is 0.444 e. The van der Waals surface area contributed by atoms with Crippen molar-refractivity contribution in [3.8, 4) is 0 Å². The average Bonchev–Trinajstić information content (AvgIpc) is 2.82. The number of hydrogen-bond donors (Lipinski definition) is 3. The summed E-state index contributed by atoms with van der Waals surface area (Å²) in [5.41, 5.74) is 7.02. The van der Waals surface area contributed by atoms with Crippen molar-refractivity contribution in [1.82, 2.24) is 5.32 Å². The molecule has 1 saturated heterocycles. The van der Waals surface area contributed by atoms with Gasteiger partial charge in [0.2, 0.25) is 0 Å². The molecule has 1 aliphatic heterocycles. The smallest absolute Gasteiger partial charge is 0.407 e. The van der Waals surface area contributed by atoms with Gasteiger partial charge in [-0.2, -0.15) is 0 Å². The van der Waals surface area contributed by atoms with Crippen molar-refractivity contribution in [2.45, 2.75) is 44.9 Å². The molecule has 2 atom stereocenters. The van der Waals surface area contributed by atoms with Crippen LogP contribution in [0.5, 0.6) is 0 Å². The van der Waals surface area contributed by atoms with E-state index in [1.165, 1.54) is 0 Å². The molecule has 0 radical (unpaired) electrons. The lowest BCUT2D eigenvalue weighted by Gasteiger charge is -2.26. The van der Waals surface area contributed by atoms with Crippen LogP contribution in [-0.4, -0.2) is 42.0 Å². The van der Waals surface area contributed by atoms with E-state index in [1.807, 2.05) is 43.9 Å². The number of nitrogens with two attached hydrogens (primary N) is 1. The van der Waals surface area contributed by atoms with Crippen LogP contribution in [0.3, 0.4) is 0 Å². The van der Waals surface area contributed by atoms with Crippen LogP contribution < -0.4 is 16.0 Å². The first-order valence-electron chi connectivity index (χ1n) is 7.61. The highest BCUT2D eigenvalue weighted by Gasteiger charge is 2.34. The topological polar surface area (TPSA) is 87.8 Å². The number of anilines is 2. The summed E-state index contributed by atoms with van der Waals surface area (Å²) in [5, 5.41) is 12.5. The first-order chi connectivity index (χ1) is 10.7. The molecule has 2 rings (SSSR count). The van der Waals surface area contributed by atoms with Crippen molar-refractivity contribution in [3.05, 3.63) is 22.7 Å². The number of carbonyl (C=O) groups excluding carboxylic acids is 1. The number of nitrogens with zero attached hydrogens (tertiary/aromatic N) is 1. The molecule has 0 spiro atoms. The molecule has 0 saturated carbocycles. The van der Waals surface area contributed by atoms with Crippen molar-refractivity contribution in [1.29, 1.82) is 0 Å². The standard InChI is InChI=1S/C16H24BrN3O3/c1-16(2,3)23-15(22)19-11-7-12(9-21)20(8-11)14-6-10(17)4-5-13(14)18/h4-6,11-12,21H,7-9,18H2,1-3H3,(H,19,22). The molecule has 2 unspecified atom stereocenters. The predicted octanol–water partition coefficient (Wildman–Crippen LogP) is 2.50. The zero-order valence-corrected chi connectivity index (χ0v) is 15.3. The average molecular weight is 386 g/mol. The lowest BCUT2D eigenvalue weighted by atomic mass is 10.1. The second-order valence-corrected chi connectivity index (χ2v) is 7.69. The quantitative estimate of drug-likeness (QED) is 0.695. The number of rotatable bonds is 3. The molecule has 0 bridgehead atoms. The summed E-state index contributed by atoms with van der Waals surface area (Å²) in [6, 6.07) is 5.43. The third-order valence-corrected chi connectivity index (χ3v) is 4.14. The second-order valence-electron chi connectivity index (χ2n) is 6.77. The van der Waals surface area contributed by atoms with Crippen LogP contribution in [0, 0.1) is 0 Å². The summed E-state index contributed by atoms with van der Waals surface area (Å²) >= 11 is 3.44. The van der Waals surface area contributed by atoms with Crippen molar-refractivity contribution >= 4 is 33.4 Å². The zero-order valence-electron chi connectivity index (χ0n) is 13.7. The minimum Gasteiger partial charge on any atom is -0.444 e. The van der Waals surface area contributed by atoms with E-state index in [0.29, 0.717) is 18.7 Å². The first-order valence-corrected chi connectivity index (χ1v) is 8.41. The van der Waals surface area contributed by atoms with Gasteiger partial charge in [-0.1, -0.05) is 15.9 Å². The molecule has 23 heavy (non-hydrogen) atoms. The Morgan fingerprint density at radius 2 is 2.22 bits per heavy atom. The van der Waals surface area contributed by atoms with E-state index in [9.17, 15) is 9.90 Å². The van der Waals surface area contributed by atoms with E-state index in [4.69, 9.17) is 10.5 Å². The number of carbonyl (C=O) groups is 1. The van der Waals surface area contributed by atoms with Crippen molar-refractivity contribution in [2.75, 3.05) is 23.8 Å². The van der Waals surface area contributed by atoms with Crippen molar-refractivity contribution in [3.63, 3.8) is 0 Å². The van der Waals surface area contributed by atoms with Gasteiger partial charge in [0.05, 0.1) is 30.1 Å². The fourth-order valence-corrected chi connectivity index (χ4v) is 3.08. The first kappa shape index (κ1) is 17.9. The summed E-state index contributed by atoms with van der Waals surface area (Å²) in [7, 11) is 0. The molecule has 128 valence electrons. The molecule has 4 N–H and O–H groups in total. The lowest BCUT2D eigenvalue weighted by molar-refractivity contribution is 0.0507. The van der Waals surface area contributed by atoms with E-state index in [-0.39, 0.29) is 18.7 Å². The summed E-state index contributed by atoms with van der Waals surface area (Å²) in [5.74, 6) is 0. The van der Waals surface area contributed by atoms with Crippen LogP contribution in [-0.2, 0) is 4.74 Å². The molecule has 1 aromatic carbocycles. The number of benzene rings is 1. The van der Waals surface area contributed by atoms with Crippen molar-refractivity contribution in [2.24, 2.45) is 0 Å². The molecule has 1 aromatic rings. The third kappa shape index (κ3) is 4.75. The molecule has 1 amide bonds. The number of nitrogen functional groups attached to an aromatic ring is 1. The SMILES string of the molecule is CC(C)(C)OC(=O)NC1CC(CO)N(c2cc(Br)ccc2N)C1. The van der Waals surface area contributed by atoms with Gasteiger partial charge in [-0.15, -0.1) is 0 Å². The van der Waals surface area contributed by atoms with Crippen LogP contribution in [0.25, 0.3) is 0 Å². The van der Waals surface area contributed by atoms with Crippen LogP contribution >= 0.6 is 15.9 Å². The van der Waals surface area contributed by atoms with Crippen LogP contribution in [0.4, 0.5) is 16.2 Å². The van der Waals surface area contributed by atoms with E-state index >= 15 is 0 Å². The minimum absolute atomic E-state index is 0.00154. The molecule has 7 heteroatoms. The molecule has 1 heterocycles. The van der Waals surface area contributed by atoms with Gasteiger partial charge in [0, 0.05) is 11.0 Å². The molecular weight excluding hydrogens is 362 g/mol. The summed E-state index contributed by atoms with van der Waals surface area (Å²) < 4.78 is 6.21. The molecule has 6 nitrogen and oxygen atoms in total. The molecule has 1 aliphatic rings. The fourth-order valence-electron chi connectivity index (χ4n) is 2.73. The Labute approximate surface area is 145 Å². The third-order valence-electron chi connectivity index (χ3n) is 3.65. The van der Waals surface area contributed by atoms with Gasteiger partial charge >= 0.3 is 6.09 Å². The van der Waals surface area contributed by atoms with Gasteiger partial charge in [-0.05, 0) is 45.4 Å². The van der Waals surface area contributed by atoms with Gasteiger partial charge < -0.3 is 25.8 Å². The Morgan fingerprint density at radius 1 is 1.52 bits per heavy atom. The van der Waals surface area contributed by atoms with Crippen LogP contribution in [0.15, 0.2) is 22.7 Å². The van der Waals surface area contributed by atoms with Gasteiger partial charge in [0.15, 0.2) is 0 Å². The maximum absolute atomic E-state index is 11.9. The van der Waals surface area contributed by atoms with Crippen LogP contribution in [0.2, 0.25) is 0 Å². The van der Waals surface area contributed by atoms with E-state index < -0.39 is 11.7 Å².